The molecule has 0 fully saturated rings. The zero-order valence-electron chi connectivity index (χ0n) is 8.24. The Labute approximate surface area is 108 Å². The first kappa shape index (κ1) is 11.4. The molecular weight excluding hydrogens is 260 g/mol. The molecule has 1 aromatic carbocycles. The maximum atomic E-state index is 6.19. The Balaban J connectivity index is 2.34. The van der Waals surface area contributed by atoms with E-state index in [1.54, 1.807) is 11.3 Å². The zero-order chi connectivity index (χ0) is 11.5. The molecule has 1 aromatic heterocycles. The van der Waals surface area contributed by atoms with Gasteiger partial charge in [-0.25, -0.2) is 0 Å². The highest BCUT2D eigenvalue weighted by atomic mass is 35.5. The summed E-state index contributed by atoms with van der Waals surface area (Å²) < 4.78 is 0. The molecule has 0 unspecified atom stereocenters. The van der Waals surface area contributed by atoms with Crippen molar-refractivity contribution in [3.8, 4) is 10.4 Å². The highest BCUT2D eigenvalue weighted by Gasteiger charge is 2.05. The Morgan fingerprint density at radius 2 is 2.19 bits per heavy atom. The van der Waals surface area contributed by atoms with Crippen molar-refractivity contribution in [2.24, 2.45) is 5.73 Å². The summed E-state index contributed by atoms with van der Waals surface area (Å²) in [6.07, 6.45) is 0. The molecular formula is C11H9ClN2S2. The van der Waals surface area contributed by atoms with Crippen LogP contribution in [0, 0.1) is 0 Å². The summed E-state index contributed by atoms with van der Waals surface area (Å²) in [5.74, 6) is 0. The van der Waals surface area contributed by atoms with E-state index in [0.717, 1.165) is 16.1 Å². The number of nitrogens with two attached hydrogens (primary N) is 1. The summed E-state index contributed by atoms with van der Waals surface area (Å²) in [4.78, 5) is 1.15. The van der Waals surface area contributed by atoms with Crippen molar-refractivity contribution in [1.29, 1.82) is 0 Å². The van der Waals surface area contributed by atoms with Gasteiger partial charge in [0.25, 0.3) is 0 Å². The summed E-state index contributed by atoms with van der Waals surface area (Å²) in [5, 5.41) is 5.79. The molecule has 1 heterocycles. The van der Waals surface area contributed by atoms with Gasteiger partial charge in [-0.2, -0.15) is 0 Å². The van der Waals surface area contributed by atoms with Crippen LogP contribution in [0.3, 0.4) is 0 Å². The standard InChI is InChI=1S/C11H9ClN2S2/c12-9-6-7(14-11(13)15)3-4-8(9)10-2-1-5-16-10/h1-6H,(H3,13,14,15). The van der Waals surface area contributed by atoms with E-state index in [1.165, 1.54) is 0 Å². The number of nitrogens with one attached hydrogen (secondary N) is 1. The third kappa shape index (κ3) is 2.52. The Bertz CT molecular complexity index is 509. The summed E-state index contributed by atoms with van der Waals surface area (Å²) in [6.45, 7) is 0. The molecule has 0 saturated heterocycles. The van der Waals surface area contributed by atoms with E-state index in [1.807, 2.05) is 35.7 Å². The van der Waals surface area contributed by atoms with Crippen LogP contribution < -0.4 is 11.1 Å². The number of benzene rings is 1. The Hall–Kier alpha value is -1.10. The average molecular weight is 269 g/mol. The predicted octanol–water partition coefficient (Wildman–Crippen LogP) is 3.72. The first-order chi connectivity index (χ1) is 7.66. The SMILES string of the molecule is NC(=S)Nc1ccc(-c2cccs2)c(Cl)c1. The number of thiophene rings is 1. The second-order valence-electron chi connectivity index (χ2n) is 3.16. The third-order valence-electron chi connectivity index (χ3n) is 2.02. The fourth-order valence-electron chi connectivity index (χ4n) is 1.37. The van der Waals surface area contributed by atoms with E-state index >= 15 is 0 Å². The van der Waals surface area contributed by atoms with Gasteiger partial charge in [-0.15, -0.1) is 11.3 Å². The molecule has 0 atom stereocenters. The molecule has 0 radical (unpaired) electrons. The Morgan fingerprint density at radius 1 is 1.38 bits per heavy atom. The minimum Gasteiger partial charge on any atom is -0.376 e. The van der Waals surface area contributed by atoms with E-state index < -0.39 is 0 Å². The maximum Gasteiger partial charge on any atom is 0.168 e. The van der Waals surface area contributed by atoms with Gasteiger partial charge in [-0.05, 0) is 41.9 Å². The van der Waals surface area contributed by atoms with E-state index in [0.29, 0.717) is 5.02 Å². The van der Waals surface area contributed by atoms with Gasteiger partial charge in [0, 0.05) is 16.1 Å². The van der Waals surface area contributed by atoms with Crippen LogP contribution in [0.2, 0.25) is 5.02 Å². The number of thiocarbonyl (C=S) groups is 1. The van der Waals surface area contributed by atoms with Gasteiger partial charge in [0.05, 0.1) is 5.02 Å². The molecule has 0 amide bonds. The van der Waals surface area contributed by atoms with Gasteiger partial charge in [-0.3, -0.25) is 0 Å². The lowest BCUT2D eigenvalue weighted by Crippen LogP contribution is -2.18. The molecule has 0 aliphatic heterocycles. The highest BCUT2D eigenvalue weighted by Crippen LogP contribution is 2.33. The van der Waals surface area contributed by atoms with Crippen molar-refractivity contribution < 1.29 is 0 Å². The molecule has 0 spiro atoms. The number of rotatable bonds is 2. The molecule has 16 heavy (non-hydrogen) atoms. The average Bonchev–Trinajstić information content (AvgIpc) is 2.69. The van der Waals surface area contributed by atoms with Crippen LogP contribution in [-0.2, 0) is 0 Å². The highest BCUT2D eigenvalue weighted by molar-refractivity contribution is 7.80. The number of anilines is 1. The maximum absolute atomic E-state index is 6.19. The lowest BCUT2D eigenvalue weighted by Gasteiger charge is -2.06. The van der Waals surface area contributed by atoms with Crippen LogP contribution in [0.4, 0.5) is 5.69 Å². The quantitative estimate of drug-likeness (QED) is 0.815. The molecule has 0 aliphatic rings. The van der Waals surface area contributed by atoms with Crippen molar-refractivity contribution in [3.05, 3.63) is 40.7 Å². The normalized spacial score (nSPS) is 10.1. The Morgan fingerprint density at radius 3 is 2.75 bits per heavy atom. The van der Waals surface area contributed by atoms with E-state index in [9.17, 15) is 0 Å². The third-order valence-corrected chi connectivity index (χ3v) is 3.34. The zero-order valence-corrected chi connectivity index (χ0v) is 10.6. The van der Waals surface area contributed by atoms with Crippen LogP contribution in [-0.4, -0.2) is 5.11 Å². The number of hydrogen-bond donors (Lipinski definition) is 2. The topological polar surface area (TPSA) is 38.0 Å². The van der Waals surface area contributed by atoms with E-state index in [4.69, 9.17) is 29.6 Å². The van der Waals surface area contributed by atoms with Gasteiger partial charge in [0.15, 0.2) is 5.11 Å². The molecule has 2 aromatic rings. The number of hydrogen-bond acceptors (Lipinski definition) is 2. The fraction of sp³-hybridized carbons (Fsp3) is 0. The van der Waals surface area contributed by atoms with Crippen LogP contribution >= 0.6 is 35.2 Å². The first-order valence-electron chi connectivity index (χ1n) is 4.56. The Kier molecular flexibility index (Phi) is 3.43. The van der Waals surface area contributed by atoms with Crippen molar-refractivity contribution in [2.45, 2.75) is 0 Å². The monoisotopic (exact) mass is 268 g/mol. The largest absolute Gasteiger partial charge is 0.376 e. The van der Waals surface area contributed by atoms with Gasteiger partial charge < -0.3 is 11.1 Å². The van der Waals surface area contributed by atoms with Crippen molar-refractivity contribution >= 4 is 46.0 Å². The van der Waals surface area contributed by atoms with E-state index in [2.05, 4.69) is 5.32 Å². The van der Waals surface area contributed by atoms with Crippen LogP contribution in [0.5, 0.6) is 0 Å². The van der Waals surface area contributed by atoms with Crippen molar-refractivity contribution in [1.82, 2.24) is 0 Å². The van der Waals surface area contributed by atoms with Gasteiger partial charge in [0.1, 0.15) is 0 Å². The molecule has 2 rings (SSSR count). The van der Waals surface area contributed by atoms with Crippen LogP contribution in [0.1, 0.15) is 0 Å². The molecule has 0 saturated carbocycles. The smallest absolute Gasteiger partial charge is 0.168 e. The minimum absolute atomic E-state index is 0.236. The molecule has 2 nitrogen and oxygen atoms in total. The fourth-order valence-corrected chi connectivity index (χ4v) is 2.59. The second-order valence-corrected chi connectivity index (χ2v) is 4.96. The molecule has 0 bridgehead atoms. The molecule has 0 aliphatic carbocycles. The molecule has 82 valence electrons. The first-order valence-corrected chi connectivity index (χ1v) is 6.23. The summed E-state index contributed by atoms with van der Waals surface area (Å²) in [5.41, 5.74) is 7.21. The van der Waals surface area contributed by atoms with E-state index in [-0.39, 0.29) is 5.11 Å². The predicted molar refractivity (Wildman–Crippen MR) is 75.2 cm³/mol. The van der Waals surface area contributed by atoms with Crippen molar-refractivity contribution in [3.63, 3.8) is 0 Å². The summed E-state index contributed by atoms with van der Waals surface area (Å²) >= 11 is 12.6. The summed E-state index contributed by atoms with van der Waals surface area (Å²) in [7, 11) is 0. The lowest BCUT2D eigenvalue weighted by molar-refractivity contribution is 1.60. The second kappa shape index (κ2) is 4.82. The minimum atomic E-state index is 0.236. The summed E-state index contributed by atoms with van der Waals surface area (Å²) in [6, 6.07) is 9.70. The lowest BCUT2D eigenvalue weighted by atomic mass is 10.1. The van der Waals surface area contributed by atoms with Crippen LogP contribution in [0.15, 0.2) is 35.7 Å². The molecule has 5 heteroatoms. The van der Waals surface area contributed by atoms with Crippen molar-refractivity contribution in [2.75, 3.05) is 5.32 Å². The molecule has 3 N–H and O–H groups in total. The van der Waals surface area contributed by atoms with Gasteiger partial charge in [-0.1, -0.05) is 17.7 Å². The van der Waals surface area contributed by atoms with Crippen LogP contribution in [0.25, 0.3) is 10.4 Å². The van der Waals surface area contributed by atoms with Gasteiger partial charge >= 0.3 is 0 Å². The van der Waals surface area contributed by atoms with Gasteiger partial charge in [0.2, 0.25) is 0 Å². The number of halogens is 1.